The summed E-state index contributed by atoms with van der Waals surface area (Å²) in [6.45, 7) is 6.64. The number of rotatable bonds is 7. The molecule has 0 bridgehead atoms. The van der Waals surface area contributed by atoms with Crippen molar-refractivity contribution in [3.8, 4) is 0 Å². The van der Waals surface area contributed by atoms with E-state index in [-0.39, 0.29) is 11.3 Å². The summed E-state index contributed by atoms with van der Waals surface area (Å²) in [6, 6.07) is 14.7. The van der Waals surface area contributed by atoms with Crippen molar-refractivity contribution in [2.45, 2.75) is 52.5 Å². The van der Waals surface area contributed by atoms with Gasteiger partial charge in [0, 0.05) is 12.1 Å². The molecule has 1 saturated heterocycles. The van der Waals surface area contributed by atoms with Crippen molar-refractivity contribution in [3.05, 3.63) is 76.4 Å². The van der Waals surface area contributed by atoms with Crippen LogP contribution in [0.1, 0.15) is 61.4 Å². The molecule has 2 aromatic carbocycles. The molecular weight excluding hydrogens is 362 g/mol. The van der Waals surface area contributed by atoms with Crippen LogP contribution in [0.3, 0.4) is 0 Å². The highest BCUT2D eigenvalue weighted by atomic mass is 16.3. The van der Waals surface area contributed by atoms with Gasteiger partial charge in [0.1, 0.15) is 5.76 Å². The zero-order valence-corrected chi connectivity index (χ0v) is 17.4. The molecule has 1 amide bonds. The van der Waals surface area contributed by atoms with Crippen molar-refractivity contribution in [1.82, 2.24) is 4.90 Å². The van der Waals surface area contributed by atoms with E-state index >= 15 is 0 Å². The van der Waals surface area contributed by atoms with Gasteiger partial charge in [0.25, 0.3) is 11.7 Å². The number of hydrogen-bond acceptors (Lipinski definition) is 3. The Labute approximate surface area is 172 Å². The molecule has 29 heavy (non-hydrogen) atoms. The Morgan fingerprint density at radius 2 is 1.69 bits per heavy atom. The minimum atomic E-state index is -0.605. The van der Waals surface area contributed by atoms with E-state index in [1.54, 1.807) is 4.90 Å². The molecule has 1 unspecified atom stereocenters. The highest BCUT2D eigenvalue weighted by Gasteiger charge is 2.46. The largest absolute Gasteiger partial charge is 0.507 e. The number of nitrogens with zero attached hydrogens (tertiary/aromatic N) is 1. The number of carbonyl (C=O) groups is 2. The average molecular weight is 392 g/mol. The molecule has 4 heteroatoms. The highest BCUT2D eigenvalue weighted by Crippen LogP contribution is 2.40. The number of ketones is 1. The van der Waals surface area contributed by atoms with Crippen LogP contribution in [0.15, 0.2) is 54.1 Å². The van der Waals surface area contributed by atoms with Gasteiger partial charge in [-0.05, 0) is 36.5 Å². The Bertz CT molecular complexity index is 927. The molecule has 1 fully saturated rings. The third kappa shape index (κ3) is 4.12. The predicted octanol–water partition coefficient (Wildman–Crippen LogP) is 5.17. The summed E-state index contributed by atoms with van der Waals surface area (Å²) in [4.78, 5) is 27.5. The summed E-state index contributed by atoms with van der Waals surface area (Å²) in [5, 5.41) is 11.1. The Morgan fingerprint density at radius 3 is 2.31 bits per heavy atom. The maximum Gasteiger partial charge on any atom is 0.295 e. The average Bonchev–Trinajstić information content (AvgIpc) is 2.98. The molecule has 0 aromatic heterocycles. The molecule has 1 aliphatic rings. The standard InChI is InChI=1S/C25H29NO3/c1-4-6-9-16-26-22(20-11-8-7-10-17(20)3)21(24(28)25(26)29)23(27)19-14-12-18(5-2)13-15-19/h7-8,10-15,22,27H,4-6,9,16H2,1-3H3/b23-21-. The Hall–Kier alpha value is -2.88. The first-order chi connectivity index (χ1) is 14.0. The number of likely N-dealkylation sites (tertiary alicyclic amines) is 1. The van der Waals surface area contributed by atoms with Crippen LogP contribution in [0.25, 0.3) is 5.76 Å². The van der Waals surface area contributed by atoms with Gasteiger partial charge in [0.05, 0.1) is 11.6 Å². The second kappa shape index (κ2) is 9.08. The van der Waals surface area contributed by atoms with E-state index in [1.807, 2.05) is 55.5 Å². The highest BCUT2D eigenvalue weighted by molar-refractivity contribution is 6.46. The van der Waals surface area contributed by atoms with Crippen LogP contribution in [-0.4, -0.2) is 28.2 Å². The number of Topliss-reactive ketones (excluding diaryl/α,β-unsaturated/α-hetero) is 1. The second-order valence-corrected chi connectivity index (χ2v) is 7.61. The van der Waals surface area contributed by atoms with Crippen LogP contribution < -0.4 is 0 Å². The van der Waals surface area contributed by atoms with E-state index in [0.717, 1.165) is 42.4 Å². The lowest BCUT2D eigenvalue weighted by atomic mass is 9.92. The fourth-order valence-corrected chi connectivity index (χ4v) is 3.91. The molecule has 1 aliphatic heterocycles. The molecule has 1 heterocycles. The maximum atomic E-state index is 13.0. The summed E-state index contributed by atoms with van der Waals surface area (Å²) >= 11 is 0. The molecule has 0 radical (unpaired) electrons. The van der Waals surface area contributed by atoms with Crippen molar-refractivity contribution in [1.29, 1.82) is 0 Å². The fraction of sp³-hybridized carbons (Fsp3) is 0.360. The van der Waals surface area contributed by atoms with E-state index in [1.165, 1.54) is 0 Å². The first-order valence-corrected chi connectivity index (χ1v) is 10.4. The quantitative estimate of drug-likeness (QED) is 0.307. The first kappa shape index (κ1) is 20.8. The van der Waals surface area contributed by atoms with Crippen molar-refractivity contribution in [2.24, 2.45) is 0 Å². The molecule has 0 spiro atoms. The summed E-state index contributed by atoms with van der Waals surface area (Å²) in [5.41, 5.74) is 3.77. The van der Waals surface area contributed by atoms with Crippen LogP contribution >= 0.6 is 0 Å². The van der Waals surface area contributed by atoms with Crippen molar-refractivity contribution in [3.63, 3.8) is 0 Å². The molecule has 4 nitrogen and oxygen atoms in total. The monoisotopic (exact) mass is 391 g/mol. The summed E-state index contributed by atoms with van der Waals surface area (Å²) < 4.78 is 0. The van der Waals surface area contributed by atoms with Gasteiger partial charge in [-0.3, -0.25) is 9.59 Å². The van der Waals surface area contributed by atoms with E-state index < -0.39 is 17.7 Å². The van der Waals surface area contributed by atoms with Gasteiger partial charge in [0.15, 0.2) is 0 Å². The van der Waals surface area contributed by atoms with E-state index in [9.17, 15) is 14.7 Å². The lowest BCUT2D eigenvalue weighted by Crippen LogP contribution is -2.31. The zero-order valence-electron chi connectivity index (χ0n) is 17.4. The summed E-state index contributed by atoms with van der Waals surface area (Å²) in [7, 11) is 0. The van der Waals surface area contributed by atoms with Crippen LogP contribution in [-0.2, 0) is 16.0 Å². The minimum Gasteiger partial charge on any atom is -0.507 e. The predicted molar refractivity (Wildman–Crippen MR) is 116 cm³/mol. The van der Waals surface area contributed by atoms with Gasteiger partial charge in [-0.25, -0.2) is 0 Å². The van der Waals surface area contributed by atoms with Gasteiger partial charge in [0.2, 0.25) is 0 Å². The number of aliphatic hydroxyl groups is 1. The number of aryl methyl sites for hydroxylation is 2. The molecule has 2 aromatic rings. The van der Waals surface area contributed by atoms with Crippen LogP contribution in [0, 0.1) is 6.92 Å². The van der Waals surface area contributed by atoms with Gasteiger partial charge in [-0.15, -0.1) is 0 Å². The third-order valence-electron chi connectivity index (χ3n) is 5.66. The lowest BCUT2D eigenvalue weighted by Gasteiger charge is -2.26. The Morgan fingerprint density at radius 1 is 1.00 bits per heavy atom. The molecule has 1 atom stereocenters. The summed E-state index contributed by atoms with van der Waals surface area (Å²) in [6.07, 6.45) is 3.74. The van der Waals surface area contributed by atoms with E-state index in [4.69, 9.17) is 0 Å². The maximum absolute atomic E-state index is 13.0. The molecule has 0 aliphatic carbocycles. The fourth-order valence-electron chi connectivity index (χ4n) is 3.91. The van der Waals surface area contributed by atoms with E-state index in [2.05, 4.69) is 13.8 Å². The molecule has 152 valence electrons. The Balaban J connectivity index is 2.12. The molecule has 3 rings (SSSR count). The number of carbonyl (C=O) groups excluding carboxylic acids is 2. The lowest BCUT2D eigenvalue weighted by molar-refractivity contribution is -0.139. The van der Waals surface area contributed by atoms with Crippen LogP contribution in [0.5, 0.6) is 0 Å². The number of benzene rings is 2. The zero-order chi connectivity index (χ0) is 21.0. The van der Waals surface area contributed by atoms with Crippen molar-refractivity contribution < 1.29 is 14.7 Å². The molecule has 1 N–H and O–H groups in total. The van der Waals surface area contributed by atoms with Gasteiger partial charge < -0.3 is 10.0 Å². The van der Waals surface area contributed by atoms with Crippen LogP contribution in [0.4, 0.5) is 0 Å². The summed E-state index contributed by atoms with van der Waals surface area (Å²) in [5.74, 6) is -1.23. The topological polar surface area (TPSA) is 57.6 Å². The smallest absolute Gasteiger partial charge is 0.295 e. The van der Waals surface area contributed by atoms with Crippen molar-refractivity contribution in [2.75, 3.05) is 6.54 Å². The van der Waals surface area contributed by atoms with E-state index in [0.29, 0.717) is 12.1 Å². The normalized spacial score (nSPS) is 18.4. The second-order valence-electron chi connectivity index (χ2n) is 7.61. The molecule has 0 saturated carbocycles. The third-order valence-corrected chi connectivity index (χ3v) is 5.66. The number of unbranched alkanes of at least 4 members (excludes halogenated alkanes) is 2. The first-order valence-electron chi connectivity index (χ1n) is 10.4. The number of amides is 1. The number of aliphatic hydroxyl groups excluding tert-OH is 1. The Kier molecular flexibility index (Phi) is 6.53. The minimum absolute atomic E-state index is 0.0998. The number of hydrogen-bond donors (Lipinski definition) is 1. The van der Waals surface area contributed by atoms with Gasteiger partial charge in [-0.1, -0.05) is 75.2 Å². The van der Waals surface area contributed by atoms with Gasteiger partial charge in [-0.2, -0.15) is 0 Å². The molecular formula is C25H29NO3. The van der Waals surface area contributed by atoms with Crippen LogP contribution in [0.2, 0.25) is 0 Å². The van der Waals surface area contributed by atoms with Gasteiger partial charge >= 0.3 is 0 Å². The SMILES string of the molecule is CCCCCN1C(=O)C(=O)/C(=C(\O)c2ccc(CC)cc2)C1c1ccccc1C. The van der Waals surface area contributed by atoms with Crippen molar-refractivity contribution >= 4 is 17.4 Å².